The highest BCUT2D eigenvalue weighted by atomic mass is 16.6. The zero-order valence-electron chi connectivity index (χ0n) is 15.2. The van der Waals surface area contributed by atoms with Crippen molar-refractivity contribution in [2.45, 2.75) is 32.8 Å². The van der Waals surface area contributed by atoms with E-state index in [0.29, 0.717) is 18.5 Å². The summed E-state index contributed by atoms with van der Waals surface area (Å²) in [7, 11) is 0. The monoisotopic (exact) mass is 354 g/mol. The minimum Gasteiger partial charge on any atom is -0.445 e. The highest BCUT2D eigenvalue weighted by Gasteiger charge is 2.23. The van der Waals surface area contributed by atoms with Gasteiger partial charge >= 0.3 is 6.09 Å². The van der Waals surface area contributed by atoms with E-state index >= 15 is 0 Å². The van der Waals surface area contributed by atoms with Crippen molar-refractivity contribution in [1.29, 1.82) is 0 Å². The number of rotatable bonds is 6. The number of anilines is 1. The van der Waals surface area contributed by atoms with Crippen molar-refractivity contribution in [3.8, 4) is 0 Å². The van der Waals surface area contributed by atoms with E-state index in [4.69, 9.17) is 4.74 Å². The Balaban J connectivity index is 1.33. The number of aryl methyl sites for hydroxylation is 1. The maximum absolute atomic E-state index is 12.2. The van der Waals surface area contributed by atoms with Crippen LogP contribution in [0.15, 0.2) is 42.7 Å². The largest absolute Gasteiger partial charge is 0.445 e. The van der Waals surface area contributed by atoms with Crippen LogP contribution in [0.2, 0.25) is 0 Å². The van der Waals surface area contributed by atoms with Gasteiger partial charge in [0.2, 0.25) is 5.95 Å². The quantitative estimate of drug-likeness (QED) is 0.858. The molecule has 2 heterocycles. The van der Waals surface area contributed by atoms with Crippen molar-refractivity contribution in [1.82, 2.24) is 14.9 Å². The summed E-state index contributed by atoms with van der Waals surface area (Å²) < 4.78 is 5.44. The molecule has 1 aromatic carbocycles. The first-order chi connectivity index (χ1) is 12.7. The molecule has 1 amide bonds. The molecule has 0 unspecified atom stereocenters. The summed E-state index contributed by atoms with van der Waals surface area (Å²) in [6, 6.07) is 9.86. The summed E-state index contributed by atoms with van der Waals surface area (Å²) in [5.41, 5.74) is 2.23. The molecule has 0 atom stereocenters. The number of likely N-dealkylation sites (tertiary alicyclic amines) is 1. The maximum atomic E-state index is 12.2. The Morgan fingerprint density at radius 2 is 1.88 bits per heavy atom. The average molecular weight is 354 g/mol. The molecule has 2 aromatic rings. The van der Waals surface area contributed by atoms with Gasteiger partial charge in [-0.05, 0) is 43.7 Å². The number of carbonyl (C=O) groups is 1. The van der Waals surface area contributed by atoms with E-state index in [0.717, 1.165) is 44.5 Å². The number of ether oxygens (including phenoxy) is 1. The molecular weight excluding hydrogens is 328 g/mol. The van der Waals surface area contributed by atoms with E-state index < -0.39 is 0 Å². The Kier molecular flexibility index (Phi) is 6.41. The van der Waals surface area contributed by atoms with E-state index in [1.54, 1.807) is 18.5 Å². The fraction of sp³-hybridized carbons (Fsp3) is 0.450. The number of aromatic nitrogens is 2. The number of hydrogen-bond acceptors (Lipinski definition) is 5. The van der Waals surface area contributed by atoms with E-state index in [1.807, 2.05) is 36.1 Å². The number of nitrogens with one attached hydrogen (secondary N) is 1. The third-order valence-electron chi connectivity index (χ3n) is 4.76. The van der Waals surface area contributed by atoms with Gasteiger partial charge in [-0.1, -0.05) is 29.8 Å². The fourth-order valence-electron chi connectivity index (χ4n) is 3.10. The summed E-state index contributed by atoms with van der Waals surface area (Å²) in [5, 5.41) is 3.24. The summed E-state index contributed by atoms with van der Waals surface area (Å²) in [5.74, 6) is 1.29. The van der Waals surface area contributed by atoms with Gasteiger partial charge in [0.15, 0.2) is 0 Å². The molecule has 138 valence electrons. The first-order valence-electron chi connectivity index (χ1n) is 9.19. The number of benzene rings is 1. The number of amides is 1. The third-order valence-corrected chi connectivity index (χ3v) is 4.76. The topological polar surface area (TPSA) is 67.3 Å². The van der Waals surface area contributed by atoms with Crippen molar-refractivity contribution in [3.05, 3.63) is 53.9 Å². The van der Waals surface area contributed by atoms with Gasteiger partial charge in [0, 0.05) is 32.0 Å². The molecule has 0 radical (unpaired) electrons. The first-order valence-corrected chi connectivity index (χ1v) is 9.19. The second kappa shape index (κ2) is 9.17. The van der Waals surface area contributed by atoms with Crippen LogP contribution in [0.4, 0.5) is 10.7 Å². The lowest BCUT2D eigenvalue weighted by Crippen LogP contribution is -2.39. The Hall–Kier alpha value is -2.63. The van der Waals surface area contributed by atoms with Crippen LogP contribution in [0.1, 0.15) is 30.4 Å². The second-order valence-electron chi connectivity index (χ2n) is 6.76. The number of nitrogens with zero attached hydrogens (tertiary/aromatic N) is 3. The molecule has 6 heteroatoms. The summed E-state index contributed by atoms with van der Waals surface area (Å²) in [6.45, 7) is 4.76. The van der Waals surface area contributed by atoms with Gasteiger partial charge in [-0.15, -0.1) is 0 Å². The Bertz CT molecular complexity index is 683. The fourth-order valence-corrected chi connectivity index (χ4v) is 3.10. The molecule has 1 fully saturated rings. The zero-order chi connectivity index (χ0) is 18.2. The normalized spacial score (nSPS) is 14.9. The molecule has 0 aliphatic carbocycles. The Labute approximate surface area is 154 Å². The van der Waals surface area contributed by atoms with Crippen LogP contribution < -0.4 is 5.32 Å². The zero-order valence-corrected chi connectivity index (χ0v) is 15.2. The smallest absolute Gasteiger partial charge is 0.410 e. The number of hydrogen-bond donors (Lipinski definition) is 1. The summed E-state index contributed by atoms with van der Waals surface area (Å²) in [6.07, 6.45) is 6.34. The SMILES string of the molecule is Cc1ccc(COC(=O)N2CCC(CCNc3ncccn3)CC2)cc1. The molecule has 1 aliphatic heterocycles. The Morgan fingerprint density at radius 1 is 1.19 bits per heavy atom. The second-order valence-corrected chi connectivity index (χ2v) is 6.76. The lowest BCUT2D eigenvalue weighted by molar-refractivity contribution is 0.0818. The first kappa shape index (κ1) is 18.2. The summed E-state index contributed by atoms with van der Waals surface area (Å²) in [4.78, 5) is 22.3. The van der Waals surface area contributed by atoms with Crippen LogP contribution in [-0.4, -0.2) is 40.6 Å². The molecule has 6 nitrogen and oxygen atoms in total. The minimum atomic E-state index is -0.208. The van der Waals surface area contributed by atoms with Crippen LogP contribution in [0, 0.1) is 12.8 Å². The van der Waals surface area contributed by atoms with E-state index in [2.05, 4.69) is 15.3 Å². The lowest BCUT2D eigenvalue weighted by Gasteiger charge is -2.31. The standard InChI is InChI=1S/C20H26N4O2/c1-16-3-5-18(6-4-16)15-26-20(25)24-13-8-17(9-14-24)7-12-23-19-21-10-2-11-22-19/h2-6,10-11,17H,7-9,12-15H2,1H3,(H,21,22,23). The minimum absolute atomic E-state index is 0.208. The molecule has 1 N–H and O–H groups in total. The molecule has 1 aliphatic rings. The van der Waals surface area contributed by atoms with Gasteiger partial charge in [-0.25, -0.2) is 14.8 Å². The molecule has 26 heavy (non-hydrogen) atoms. The van der Waals surface area contributed by atoms with E-state index in [9.17, 15) is 4.79 Å². The molecule has 3 rings (SSSR count). The lowest BCUT2D eigenvalue weighted by atomic mass is 9.94. The molecule has 0 bridgehead atoms. The van der Waals surface area contributed by atoms with E-state index in [1.165, 1.54) is 5.56 Å². The van der Waals surface area contributed by atoms with Crippen molar-refractivity contribution in [3.63, 3.8) is 0 Å². The third kappa shape index (κ3) is 5.44. The Morgan fingerprint density at radius 3 is 2.58 bits per heavy atom. The van der Waals surface area contributed by atoms with Crippen molar-refractivity contribution in [2.24, 2.45) is 5.92 Å². The van der Waals surface area contributed by atoms with Crippen LogP contribution in [0.5, 0.6) is 0 Å². The van der Waals surface area contributed by atoms with E-state index in [-0.39, 0.29) is 6.09 Å². The van der Waals surface area contributed by atoms with Gasteiger partial charge in [-0.2, -0.15) is 0 Å². The van der Waals surface area contributed by atoms with Crippen molar-refractivity contribution in [2.75, 3.05) is 25.0 Å². The van der Waals surface area contributed by atoms with Crippen LogP contribution >= 0.6 is 0 Å². The van der Waals surface area contributed by atoms with Crippen LogP contribution in [-0.2, 0) is 11.3 Å². The number of piperidine rings is 1. The van der Waals surface area contributed by atoms with Gasteiger partial charge in [0.25, 0.3) is 0 Å². The van der Waals surface area contributed by atoms with Crippen molar-refractivity contribution >= 4 is 12.0 Å². The van der Waals surface area contributed by atoms with Crippen LogP contribution in [0.3, 0.4) is 0 Å². The molecule has 0 spiro atoms. The predicted molar refractivity (Wildman–Crippen MR) is 101 cm³/mol. The average Bonchev–Trinajstić information content (AvgIpc) is 2.69. The van der Waals surface area contributed by atoms with Gasteiger partial charge in [0.1, 0.15) is 6.61 Å². The maximum Gasteiger partial charge on any atom is 0.410 e. The van der Waals surface area contributed by atoms with Gasteiger partial charge in [0.05, 0.1) is 0 Å². The predicted octanol–water partition coefficient (Wildman–Crippen LogP) is 3.64. The van der Waals surface area contributed by atoms with Crippen LogP contribution in [0.25, 0.3) is 0 Å². The molecule has 1 aromatic heterocycles. The summed E-state index contributed by atoms with van der Waals surface area (Å²) >= 11 is 0. The molecule has 0 saturated carbocycles. The molecular formula is C20H26N4O2. The number of carbonyl (C=O) groups excluding carboxylic acids is 1. The highest BCUT2D eigenvalue weighted by molar-refractivity contribution is 5.67. The van der Waals surface area contributed by atoms with Gasteiger partial charge < -0.3 is 15.0 Å². The van der Waals surface area contributed by atoms with Crippen molar-refractivity contribution < 1.29 is 9.53 Å². The molecule has 1 saturated heterocycles. The highest BCUT2D eigenvalue weighted by Crippen LogP contribution is 2.21. The van der Waals surface area contributed by atoms with Gasteiger partial charge in [-0.3, -0.25) is 0 Å².